The predicted octanol–water partition coefficient (Wildman–Crippen LogP) is 2.86. The van der Waals surface area contributed by atoms with Gasteiger partial charge < -0.3 is 23.7 Å². The Morgan fingerprint density at radius 3 is 2.69 bits per heavy atom. The van der Waals surface area contributed by atoms with Gasteiger partial charge in [-0.3, -0.25) is 9.59 Å². The molecule has 168 valence electrons. The van der Waals surface area contributed by atoms with E-state index in [0.29, 0.717) is 37.7 Å². The van der Waals surface area contributed by atoms with E-state index in [1.165, 1.54) is 0 Å². The highest BCUT2D eigenvalue weighted by molar-refractivity contribution is 5.93. The van der Waals surface area contributed by atoms with Crippen molar-refractivity contribution in [2.75, 3.05) is 38.1 Å². The highest BCUT2D eigenvalue weighted by Crippen LogP contribution is 2.24. The summed E-state index contributed by atoms with van der Waals surface area (Å²) in [5, 5.41) is 0. The average Bonchev–Trinajstić information content (AvgIpc) is 3.46. The Kier molecular flexibility index (Phi) is 6.70. The second-order valence-electron chi connectivity index (χ2n) is 8.18. The molecule has 2 aromatic heterocycles. The number of aromatic nitrogens is 2. The quantitative estimate of drug-likeness (QED) is 0.633. The Balaban J connectivity index is 1.60. The zero-order valence-corrected chi connectivity index (χ0v) is 18.6. The molecule has 8 nitrogen and oxygen atoms in total. The fourth-order valence-corrected chi connectivity index (χ4v) is 4.01. The number of para-hydroxylation sites is 1. The number of benzene rings is 1. The van der Waals surface area contributed by atoms with Gasteiger partial charge in [0.15, 0.2) is 5.76 Å². The second-order valence-corrected chi connectivity index (χ2v) is 8.18. The van der Waals surface area contributed by atoms with Crippen molar-refractivity contribution < 1.29 is 14.0 Å². The summed E-state index contributed by atoms with van der Waals surface area (Å²) < 4.78 is 7.77. The molecule has 3 heterocycles. The van der Waals surface area contributed by atoms with Crippen molar-refractivity contribution in [2.24, 2.45) is 0 Å². The predicted molar refractivity (Wildman–Crippen MR) is 121 cm³/mol. The number of imidazole rings is 1. The molecule has 1 aliphatic heterocycles. The lowest BCUT2D eigenvalue weighted by atomic mass is 10.1. The van der Waals surface area contributed by atoms with Crippen LogP contribution in [0, 0.1) is 0 Å². The molecule has 1 aromatic carbocycles. The van der Waals surface area contributed by atoms with Crippen molar-refractivity contribution in [3.05, 3.63) is 72.2 Å². The van der Waals surface area contributed by atoms with Gasteiger partial charge in [-0.05, 0) is 43.8 Å². The Morgan fingerprint density at radius 1 is 1.06 bits per heavy atom. The zero-order valence-electron chi connectivity index (χ0n) is 18.6. The number of likely N-dealkylation sites (N-methyl/N-ethyl adjacent to an activating group) is 1. The molecule has 0 atom stereocenters. The normalized spacial score (nSPS) is 15.8. The monoisotopic (exact) mass is 435 g/mol. The van der Waals surface area contributed by atoms with Gasteiger partial charge in [-0.2, -0.15) is 0 Å². The largest absolute Gasteiger partial charge is 0.454 e. The number of rotatable bonds is 3. The van der Waals surface area contributed by atoms with Gasteiger partial charge in [0.05, 0.1) is 12.9 Å². The summed E-state index contributed by atoms with van der Waals surface area (Å²) in [5.41, 5.74) is 1.81. The molecule has 1 aliphatic rings. The van der Waals surface area contributed by atoms with Crippen LogP contribution in [0.4, 0.5) is 5.69 Å². The van der Waals surface area contributed by atoms with Crippen LogP contribution in [-0.4, -0.2) is 64.4 Å². The first-order valence-corrected chi connectivity index (χ1v) is 10.9. The van der Waals surface area contributed by atoms with E-state index in [0.717, 1.165) is 30.8 Å². The van der Waals surface area contributed by atoms with Crippen LogP contribution in [0.3, 0.4) is 0 Å². The molecule has 2 amide bonds. The molecular weight excluding hydrogens is 406 g/mol. The van der Waals surface area contributed by atoms with Gasteiger partial charge in [0.1, 0.15) is 5.76 Å². The first-order chi connectivity index (χ1) is 15.5. The molecule has 8 heteroatoms. The number of carbonyl (C=O) groups is 2. The number of furan rings is 1. The molecule has 0 aliphatic carbocycles. The fourth-order valence-electron chi connectivity index (χ4n) is 4.01. The SMILES string of the molecule is CC(=O)N1CCCN(C)CCN(C(=O)c2ccc(Cn3ccnc3)o2)Cc2ccccc21. The maximum absolute atomic E-state index is 13.4. The van der Waals surface area contributed by atoms with Gasteiger partial charge in [0.25, 0.3) is 5.91 Å². The molecule has 0 spiro atoms. The van der Waals surface area contributed by atoms with Gasteiger partial charge in [0.2, 0.25) is 5.91 Å². The molecule has 32 heavy (non-hydrogen) atoms. The molecule has 0 N–H and O–H groups in total. The molecule has 0 unspecified atom stereocenters. The summed E-state index contributed by atoms with van der Waals surface area (Å²) >= 11 is 0. The number of anilines is 1. The Labute approximate surface area is 188 Å². The van der Waals surface area contributed by atoms with E-state index in [-0.39, 0.29) is 11.8 Å². The zero-order chi connectivity index (χ0) is 22.5. The van der Waals surface area contributed by atoms with E-state index >= 15 is 0 Å². The van der Waals surface area contributed by atoms with Crippen molar-refractivity contribution in [3.63, 3.8) is 0 Å². The van der Waals surface area contributed by atoms with Gasteiger partial charge in [-0.1, -0.05) is 18.2 Å². The smallest absolute Gasteiger partial charge is 0.289 e. The number of amides is 2. The van der Waals surface area contributed by atoms with Crippen LogP contribution >= 0.6 is 0 Å². The summed E-state index contributed by atoms with van der Waals surface area (Å²) in [4.78, 5) is 35.6. The van der Waals surface area contributed by atoms with E-state index in [4.69, 9.17) is 4.42 Å². The minimum Gasteiger partial charge on any atom is -0.454 e. The highest BCUT2D eigenvalue weighted by Gasteiger charge is 2.24. The van der Waals surface area contributed by atoms with Crippen molar-refractivity contribution in [2.45, 2.75) is 26.4 Å². The summed E-state index contributed by atoms with van der Waals surface area (Å²) in [6, 6.07) is 11.4. The molecular formula is C24H29N5O3. The summed E-state index contributed by atoms with van der Waals surface area (Å²) in [7, 11) is 2.04. The number of nitrogens with zero attached hydrogens (tertiary/aromatic N) is 5. The minimum atomic E-state index is -0.154. The molecule has 0 fully saturated rings. The first-order valence-electron chi connectivity index (χ1n) is 10.9. The standard InChI is InChI=1S/C24H29N5O3/c1-19(30)29-12-5-11-26(2)14-15-28(16-20-6-3-4-7-22(20)29)24(31)23-9-8-21(32-23)17-27-13-10-25-18-27/h3-4,6-10,13,18H,5,11-12,14-17H2,1-2H3. The molecule has 0 bridgehead atoms. The maximum Gasteiger partial charge on any atom is 0.289 e. The Bertz CT molecular complexity index is 1060. The maximum atomic E-state index is 13.4. The lowest BCUT2D eigenvalue weighted by Crippen LogP contribution is -2.37. The van der Waals surface area contributed by atoms with Crippen molar-refractivity contribution in [1.82, 2.24) is 19.4 Å². The van der Waals surface area contributed by atoms with Gasteiger partial charge in [0, 0.05) is 51.2 Å². The first kappa shape index (κ1) is 21.8. The molecule has 4 rings (SSSR count). The number of hydrogen-bond donors (Lipinski definition) is 0. The number of hydrogen-bond acceptors (Lipinski definition) is 5. The average molecular weight is 436 g/mol. The summed E-state index contributed by atoms with van der Waals surface area (Å²) in [6.07, 6.45) is 6.15. The third kappa shape index (κ3) is 5.08. The van der Waals surface area contributed by atoms with Crippen molar-refractivity contribution in [1.29, 1.82) is 0 Å². The lowest BCUT2D eigenvalue weighted by molar-refractivity contribution is -0.116. The molecule has 0 saturated carbocycles. The van der Waals surface area contributed by atoms with Gasteiger partial charge >= 0.3 is 0 Å². The van der Waals surface area contributed by atoms with E-state index < -0.39 is 0 Å². The number of fused-ring (bicyclic) bond motifs is 1. The van der Waals surface area contributed by atoms with E-state index in [2.05, 4.69) is 9.88 Å². The van der Waals surface area contributed by atoms with E-state index in [1.54, 1.807) is 30.4 Å². The molecule has 0 radical (unpaired) electrons. The summed E-state index contributed by atoms with van der Waals surface area (Å²) in [6.45, 7) is 5.34. The summed E-state index contributed by atoms with van der Waals surface area (Å²) in [5.74, 6) is 0.870. The fraction of sp³-hybridized carbons (Fsp3) is 0.375. The van der Waals surface area contributed by atoms with Gasteiger partial charge in [-0.25, -0.2) is 4.98 Å². The van der Waals surface area contributed by atoms with Gasteiger partial charge in [-0.15, -0.1) is 0 Å². The van der Waals surface area contributed by atoms with Crippen LogP contribution in [0.1, 0.15) is 35.2 Å². The van der Waals surface area contributed by atoms with E-state index in [1.807, 2.05) is 53.0 Å². The van der Waals surface area contributed by atoms with Crippen molar-refractivity contribution >= 4 is 17.5 Å². The lowest BCUT2D eigenvalue weighted by Gasteiger charge is -2.26. The molecule has 3 aromatic rings. The van der Waals surface area contributed by atoms with Crippen LogP contribution in [0.5, 0.6) is 0 Å². The Hall–Kier alpha value is -3.39. The van der Waals surface area contributed by atoms with Crippen LogP contribution in [-0.2, 0) is 17.9 Å². The topological polar surface area (TPSA) is 74.8 Å². The van der Waals surface area contributed by atoms with E-state index in [9.17, 15) is 9.59 Å². The second kappa shape index (κ2) is 9.82. The van der Waals surface area contributed by atoms with Crippen LogP contribution in [0.2, 0.25) is 0 Å². The van der Waals surface area contributed by atoms with Crippen LogP contribution < -0.4 is 4.90 Å². The number of carbonyl (C=O) groups excluding carboxylic acids is 2. The third-order valence-corrected chi connectivity index (χ3v) is 5.75. The third-order valence-electron chi connectivity index (χ3n) is 5.75. The minimum absolute atomic E-state index is 0.00686. The highest BCUT2D eigenvalue weighted by atomic mass is 16.4. The molecule has 0 saturated heterocycles. The van der Waals surface area contributed by atoms with Crippen LogP contribution in [0.25, 0.3) is 0 Å². The van der Waals surface area contributed by atoms with Crippen molar-refractivity contribution in [3.8, 4) is 0 Å². The van der Waals surface area contributed by atoms with Crippen LogP contribution in [0.15, 0.2) is 59.5 Å². The Morgan fingerprint density at radius 2 is 1.91 bits per heavy atom.